The highest BCUT2D eigenvalue weighted by Crippen LogP contribution is 2.30. The third-order valence-electron chi connectivity index (χ3n) is 2.83. The first-order chi connectivity index (χ1) is 10.5. The summed E-state index contributed by atoms with van der Waals surface area (Å²) in [7, 11) is -9.33. The van der Waals surface area contributed by atoms with E-state index in [2.05, 4.69) is 0 Å². The van der Waals surface area contributed by atoms with Crippen molar-refractivity contribution in [1.29, 1.82) is 0 Å². The lowest BCUT2D eigenvalue weighted by Gasteiger charge is -2.08. The van der Waals surface area contributed by atoms with Crippen LogP contribution in [-0.2, 0) is 20.0 Å². The number of rotatable bonds is 4. The van der Waals surface area contributed by atoms with Crippen molar-refractivity contribution in [2.24, 2.45) is 0 Å². The Morgan fingerprint density at radius 2 is 1.52 bits per heavy atom. The summed E-state index contributed by atoms with van der Waals surface area (Å²) in [6, 6.07) is 6.93. The Bertz CT molecular complexity index is 983. The van der Waals surface area contributed by atoms with Crippen LogP contribution in [0.4, 0.5) is 5.69 Å². The number of halogens is 1. The lowest BCUT2D eigenvalue weighted by atomic mass is 10.3. The number of hydrogen-bond acceptors (Lipinski definition) is 6. The van der Waals surface area contributed by atoms with Gasteiger partial charge < -0.3 is 0 Å². The summed E-state index contributed by atoms with van der Waals surface area (Å²) >= 11 is 5.66. The monoisotopic (exact) mass is 377 g/mol. The molecule has 23 heavy (non-hydrogen) atoms. The van der Waals surface area contributed by atoms with Crippen LogP contribution in [0.25, 0.3) is 0 Å². The first-order valence-corrected chi connectivity index (χ1v) is 9.10. The number of nitro groups is 1. The maximum Gasteiger partial charge on any atom is 0.296 e. The minimum atomic E-state index is -5.00. The lowest BCUT2D eigenvalue weighted by Crippen LogP contribution is -2.10. The van der Waals surface area contributed by atoms with Gasteiger partial charge in [0.1, 0.15) is 4.90 Å². The van der Waals surface area contributed by atoms with E-state index in [4.69, 9.17) is 11.6 Å². The van der Waals surface area contributed by atoms with E-state index in [1.807, 2.05) is 0 Å². The summed E-state index contributed by atoms with van der Waals surface area (Å²) in [5.74, 6) is 0. The van der Waals surface area contributed by atoms with Crippen molar-refractivity contribution in [2.45, 2.75) is 14.7 Å². The zero-order valence-electron chi connectivity index (χ0n) is 11.1. The van der Waals surface area contributed by atoms with Crippen LogP contribution in [0.1, 0.15) is 0 Å². The fourth-order valence-electron chi connectivity index (χ4n) is 1.77. The van der Waals surface area contributed by atoms with Crippen molar-refractivity contribution in [1.82, 2.24) is 0 Å². The Kier molecular flexibility index (Phi) is 4.44. The average molecular weight is 378 g/mol. The quantitative estimate of drug-likeness (QED) is 0.491. The van der Waals surface area contributed by atoms with E-state index in [0.29, 0.717) is 6.07 Å². The van der Waals surface area contributed by atoms with Crippen LogP contribution in [-0.4, -0.2) is 26.3 Å². The molecule has 2 aromatic carbocycles. The molecule has 0 bridgehead atoms. The molecule has 0 radical (unpaired) electrons. The van der Waals surface area contributed by atoms with Crippen molar-refractivity contribution < 1.29 is 26.3 Å². The van der Waals surface area contributed by atoms with Crippen molar-refractivity contribution in [3.63, 3.8) is 0 Å². The van der Waals surface area contributed by atoms with Gasteiger partial charge >= 0.3 is 0 Å². The van der Waals surface area contributed by atoms with Crippen LogP contribution in [0.15, 0.2) is 57.2 Å². The molecule has 0 amide bonds. The highest BCUT2D eigenvalue weighted by atomic mass is 35.5. The number of benzene rings is 2. The molecule has 0 saturated carbocycles. The number of hydrogen-bond donors (Lipinski definition) is 1. The molecule has 0 aliphatic heterocycles. The number of nitrogens with zero attached hydrogens (tertiary/aromatic N) is 1. The van der Waals surface area contributed by atoms with E-state index < -0.39 is 40.4 Å². The van der Waals surface area contributed by atoms with Gasteiger partial charge in [-0.3, -0.25) is 14.7 Å². The Balaban J connectivity index is 2.76. The summed E-state index contributed by atoms with van der Waals surface area (Å²) in [6.45, 7) is 0. The largest absolute Gasteiger partial charge is 0.296 e. The third kappa shape index (κ3) is 3.50. The molecule has 2 aromatic rings. The van der Waals surface area contributed by atoms with E-state index in [0.717, 1.165) is 24.3 Å². The van der Waals surface area contributed by atoms with E-state index in [-0.39, 0.29) is 9.92 Å². The molecule has 0 aliphatic rings. The van der Waals surface area contributed by atoms with Crippen LogP contribution in [0.2, 0.25) is 5.02 Å². The predicted octanol–water partition coefficient (Wildman–Crippen LogP) is 2.33. The molecule has 0 spiro atoms. The molecule has 0 saturated heterocycles. The maximum atomic E-state index is 12.5. The highest BCUT2D eigenvalue weighted by molar-refractivity contribution is 7.92. The van der Waals surface area contributed by atoms with E-state index >= 15 is 0 Å². The highest BCUT2D eigenvalue weighted by Gasteiger charge is 2.29. The summed E-state index contributed by atoms with van der Waals surface area (Å²) in [5.41, 5.74) is -0.673. The number of sulfone groups is 1. The molecular weight excluding hydrogens is 370 g/mol. The van der Waals surface area contributed by atoms with E-state index in [1.165, 1.54) is 12.1 Å². The zero-order chi connectivity index (χ0) is 17.4. The summed E-state index contributed by atoms with van der Waals surface area (Å²) in [6.07, 6.45) is 0. The molecule has 2 rings (SSSR count). The fraction of sp³-hybridized carbons (Fsp3) is 0. The van der Waals surface area contributed by atoms with E-state index in [1.54, 1.807) is 0 Å². The number of non-ortho nitro benzene ring substituents is 1. The smallest absolute Gasteiger partial charge is 0.282 e. The van der Waals surface area contributed by atoms with Gasteiger partial charge in [0.2, 0.25) is 9.84 Å². The molecule has 11 heteroatoms. The topological polar surface area (TPSA) is 132 Å². The molecule has 0 fully saturated rings. The predicted molar refractivity (Wildman–Crippen MR) is 79.8 cm³/mol. The molecule has 8 nitrogen and oxygen atoms in total. The molecule has 0 heterocycles. The number of nitro benzene ring substituents is 1. The van der Waals surface area contributed by atoms with E-state index in [9.17, 15) is 31.5 Å². The lowest BCUT2D eigenvalue weighted by molar-refractivity contribution is -0.385. The normalized spacial score (nSPS) is 12.1. The van der Waals surface area contributed by atoms with Crippen molar-refractivity contribution >= 4 is 37.2 Å². The molecule has 0 aliphatic carbocycles. The molecule has 0 aromatic heterocycles. The molecule has 122 valence electrons. The van der Waals surface area contributed by atoms with Gasteiger partial charge in [0.25, 0.3) is 15.8 Å². The van der Waals surface area contributed by atoms with Crippen LogP contribution < -0.4 is 0 Å². The van der Waals surface area contributed by atoms with Crippen molar-refractivity contribution in [3.8, 4) is 0 Å². The van der Waals surface area contributed by atoms with Gasteiger partial charge in [0.15, 0.2) is 0 Å². The van der Waals surface area contributed by atoms with Gasteiger partial charge in [-0.1, -0.05) is 11.6 Å². The molecule has 0 unspecified atom stereocenters. The van der Waals surface area contributed by atoms with Gasteiger partial charge in [-0.15, -0.1) is 0 Å². The SMILES string of the molecule is O=[N+]([O-])c1ccc(S(=O)(=O)c2ccc(Cl)cc2)c(S(=O)(=O)O)c1. The second kappa shape index (κ2) is 5.89. The molecule has 1 N–H and O–H groups in total. The van der Waals surface area contributed by atoms with Gasteiger partial charge in [-0.05, 0) is 30.3 Å². The summed E-state index contributed by atoms with van der Waals surface area (Å²) in [4.78, 5) is 7.69. The third-order valence-corrected chi connectivity index (χ3v) is 5.93. The second-order valence-electron chi connectivity index (χ2n) is 4.32. The minimum absolute atomic E-state index is 0.266. The molecule has 0 atom stereocenters. The van der Waals surface area contributed by atoms with Gasteiger partial charge in [0, 0.05) is 17.2 Å². The second-order valence-corrected chi connectivity index (χ2v) is 8.07. The van der Waals surface area contributed by atoms with Crippen LogP contribution in [0.5, 0.6) is 0 Å². The Labute approximate surface area is 136 Å². The first kappa shape index (κ1) is 17.3. The van der Waals surface area contributed by atoms with Crippen LogP contribution in [0.3, 0.4) is 0 Å². The van der Waals surface area contributed by atoms with Crippen LogP contribution in [0, 0.1) is 10.1 Å². The van der Waals surface area contributed by atoms with Crippen molar-refractivity contribution in [3.05, 3.63) is 57.6 Å². The summed E-state index contributed by atoms with van der Waals surface area (Å²) in [5, 5.41) is 11.0. The van der Waals surface area contributed by atoms with Gasteiger partial charge in [0.05, 0.1) is 14.7 Å². The Hall–Kier alpha value is -2.01. The Morgan fingerprint density at radius 1 is 0.957 bits per heavy atom. The zero-order valence-corrected chi connectivity index (χ0v) is 13.5. The van der Waals surface area contributed by atoms with Crippen LogP contribution >= 0.6 is 11.6 Å². The van der Waals surface area contributed by atoms with Crippen molar-refractivity contribution in [2.75, 3.05) is 0 Å². The Morgan fingerprint density at radius 3 is 2.00 bits per heavy atom. The summed E-state index contributed by atoms with van der Waals surface area (Å²) < 4.78 is 57.0. The standard InChI is InChI=1S/C12H8ClNO7S2/c13-8-1-4-10(5-2-8)22(17,18)11-6-3-9(14(15)16)7-12(11)23(19,20)21/h1-7H,(H,19,20,21). The minimum Gasteiger partial charge on any atom is -0.282 e. The molecular formula is C12H8ClNO7S2. The first-order valence-electron chi connectivity index (χ1n) is 5.80. The van der Waals surface area contributed by atoms with Gasteiger partial charge in [-0.25, -0.2) is 8.42 Å². The maximum absolute atomic E-state index is 12.5. The fourth-order valence-corrected chi connectivity index (χ4v) is 4.46. The average Bonchev–Trinajstić information content (AvgIpc) is 2.46. The van der Waals surface area contributed by atoms with Gasteiger partial charge in [-0.2, -0.15) is 8.42 Å².